The van der Waals surface area contributed by atoms with Gasteiger partial charge in [0.05, 0.1) is 11.6 Å². The van der Waals surface area contributed by atoms with Gasteiger partial charge in [0.25, 0.3) is 0 Å². The smallest absolute Gasteiger partial charge is 0.230 e. The van der Waals surface area contributed by atoms with E-state index >= 15 is 0 Å². The maximum atomic E-state index is 12.8. The zero-order chi connectivity index (χ0) is 21.1. The van der Waals surface area contributed by atoms with E-state index in [9.17, 15) is 14.7 Å². The first-order valence-electron chi connectivity index (χ1n) is 9.96. The predicted molar refractivity (Wildman–Crippen MR) is 114 cm³/mol. The van der Waals surface area contributed by atoms with Crippen LogP contribution < -0.4 is 10.4 Å². The highest BCUT2D eigenvalue weighted by molar-refractivity contribution is 7.14. The van der Waals surface area contributed by atoms with Crippen molar-refractivity contribution in [3.05, 3.63) is 46.4 Å². The van der Waals surface area contributed by atoms with Crippen LogP contribution in [0, 0.1) is 17.8 Å². The van der Waals surface area contributed by atoms with E-state index in [0.717, 1.165) is 28.8 Å². The molecule has 1 amide bonds. The van der Waals surface area contributed by atoms with E-state index in [1.807, 2.05) is 31.4 Å². The minimum absolute atomic E-state index is 0.306. The van der Waals surface area contributed by atoms with Crippen LogP contribution in [0.15, 0.2) is 40.8 Å². The number of rotatable bonds is 6. The van der Waals surface area contributed by atoms with Gasteiger partial charge in [0.15, 0.2) is 5.13 Å². The second kappa shape index (κ2) is 8.91. The minimum Gasteiger partial charge on any atom is -0.550 e. The first-order valence-corrected chi connectivity index (χ1v) is 10.8. The Kier molecular flexibility index (Phi) is 6.52. The van der Waals surface area contributed by atoms with Crippen molar-refractivity contribution in [2.24, 2.45) is 17.8 Å². The van der Waals surface area contributed by atoms with Gasteiger partial charge in [-0.05, 0) is 44.6 Å². The second-order valence-electron chi connectivity index (χ2n) is 8.32. The summed E-state index contributed by atoms with van der Waals surface area (Å²) in [6.45, 7) is 8.25. The SMILES string of the molecule is CC1=C(C)CC(C(=O)Nc2nc(-c3ccc(CC(C)C)cc3)cs2)C(C(=O)[O-])C1. The molecule has 6 heteroatoms. The lowest BCUT2D eigenvalue weighted by Gasteiger charge is -2.32. The number of hydrogen-bond acceptors (Lipinski definition) is 5. The highest BCUT2D eigenvalue weighted by Crippen LogP contribution is 2.35. The van der Waals surface area contributed by atoms with Gasteiger partial charge in [-0.1, -0.05) is 49.3 Å². The fourth-order valence-electron chi connectivity index (χ4n) is 3.76. The summed E-state index contributed by atoms with van der Waals surface area (Å²) >= 11 is 1.34. The Labute approximate surface area is 175 Å². The van der Waals surface area contributed by atoms with Crippen LogP contribution in [-0.2, 0) is 16.0 Å². The van der Waals surface area contributed by atoms with Crippen LogP contribution in [0.4, 0.5) is 5.13 Å². The summed E-state index contributed by atoms with van der Waals surface area (Å²) in [5, 5.41) is 16.7. The van der Waals surface area contributed by atoms with Crippen LogP contribution in [0.1, 0.15) is 46.1 Å². The first-order chi connectivity index (χ1) is 13.7. The number of thiazole rings is 1. The number of allylic oxidation sites excluding steroid dienone is 2. The molecule has 0 aliphatic heterocycles. The molecular weight excluding hydrogens is 384 g/mol. The van der Waals surface area contributed by atoms with Crippen molar-refractivity contribution in [2.75, 3.05) is 5.32 Å². The molecule has 5 nitrogen and oxygen atoms in total. The molecule has 1 aliphatic carbocycles. The molecule has 0 bridgehead atoms. The Morgan fingerprint density at radius 2 is 1.76 bits per heavy atom. The average molecular weight is 412 g/mol. The van der Waals surface area contributed by atoms with Crippen molar-refractivity contribution >= 4 is 28.3 Å². The molecule has 1 aromatic heterocycles. The van der Waals surface area contributed by atoms with Crippen molar-refractivity contribution in [2.45, 2.75) is 47.0 Å². The maximum absolute atomic E-state index is 12.8. The van der Waals surface area contributed by atoms with Crippen molar-refractivity contribution in [3.8, 4) is 11.3 Å². The number of nitrogens with one attached hydrogen (secondary N) is 1. The Morgan fingerprint density at radius 3 is 2.34 bits per heavy atom. The van der Waals surface area contributed by atoms with Gasteiger partial charge < -0.3 is 15.2 Å². The standard InChI is InChI=1S/C23H28N2O3S/c1-13(2)9-16-5-7-17(8-6-16)20-12-29-23(24-20)25-21(26)18-10-14(3)15(4)11-19(18)22(27)28/h5-8,12-13,18-19H,9-11H2,1-4H3,(H,27,28)(H,24,25,26)/p-1. The van der Waals surface area contributed by atoms with E-state index in [0.29, 0.717) is 23.9 Å². The van der Waals surface area contributed by atoms with Gasteiger partial charge in [0, 0.05) is 22.8 Å². The van der Waals surface area contributed by atoms with Gasteiger partial charge in [0.1, 0.15) is 0 Å². The molecule has 1 N–H and O–H groups in total. The Hall–Kier alpha value is -2.47. The van der Waals surface area contributed by atoms with Gasteiger partial charge in [0.2, 0.25) is 5.91 Å². The fourth-order valence-corrected chi connectivity index (χ4v) is 4.48. The van der Waals surface area contributed by atoms with E-state index in [1.54, 1.807) is 0 Å². The number of benzene rings is 1. The number of carboxylic acids is 1. The molecule has 0 radical (unpaired) electrons. The predicted octanol–water partition coefficient (Wildman–Crippen LogP) is 4.06. The third kappa shape index (κ3) is 5.12. The van der Waals surface area contributed by atoms with Gasteiger partial charge >= 0.3 is 0 Å². The van der Waals surface area contributed by atoms with Gasteiger partial charge in [-0.2, -0.15) is 0 Å². The van der Waals surface area contributed by atoms with Crippen molar-refractivity contribution < 1.29 is 14.7 Å². The third-order valence-corrected chi connectivity index (χ3v) is 6.29. The Balaban J connectivity index is 1.71. The lowest BCUT2D eigenvalue weighted by Crippen LogP contribution is -2.42. The number of carboxylic acid groups (broad SMARTS) is 1. The number of aromatic nitrogens is 1. The summed E-state index contributed by atoms with van der Waals surface area (Å²) < 4.78 is 0. The summed E-state index contributed by atoms with van der Waals surface area (Å²) in [5.41, 5.74) is 5.18. The molecule has 3 rings (SSSR count). The lowest BCUT2D eigenvalue weighted by molar-refractivity contribution is -0.313. The fraction of sp³-hybridized carbons (Fsp3) is 0.435. The zero-order valence-corrected chi connectivity index (χ0v) is 18.1. The molecule has 0 saturated carbocycles. The second-order valence-corrected chi connectivity index (χ2v) is 9.18. The Morgan fingerprint density at radius 1 is 1.14 bits per heavy atom. The summed E-state index contributed by atoms with van der Waals surface area (Å²) in [6, 6.07) is 8.30. The number of hydrogen-bond donors (Lipinski definition) is 1. The van der Waals surface area contributed by atoms with E-state index in [-0.39, 0.29) is 5.91 Å². The van der Waals surface area contributed by atoms with E-state index in [1.165, 1.54) is 16.9 Å². The molecule has 2 aromatic rings. The molecule has 1 aliphatic rings. The Bertz CT molecular complexity index is 928. The van der Waals surface area contributed by atoms with E-state index < -0.39 is 17.8 Å². The number of nitrogens with zero attached hydrogens (tertiary/aromatic N) is 1. The summed E-state index contributed by atoms with van der Waals surface area (Å²) in [7, 11) is 0. The van der Waals surface area contributed by atoms with E-state index in [4.69, 9.17) is 0 Å². The largest absolute Gasteiger partial charge is 0.550 e. The van der Waals surface area contributed by atoms with Gasteiger partial charge in [-0.15, -0.1) is 11.3 Å². The van der Waals surface area contributed by atoms with Crippen LogP contribution >= 0.6 is 11.3 Å². The topological polar surface area (TPSA) is 82.1 Å². The maximum Gasteiger partial charge on any atom is 0.230 e. The number of aliphatic carboxylic acids is 1. The number of carbonyl (C=O) groups is 2. The molecular formula is C23H27N2O3S-. The van der Waals surface area contributed by atoms with Gasteiger partial charge in [-0.3, -0.25) is 4.79 Å². The minimum atomic E-state index is -1.17. The zero-order valence-electron chi connectivity index (χ0n) is 17.3. The van der Waals surface area contributed by atoms with Crippen molar-refractivity contribution in [1.82, 2.24) is 4.98 Å². The molecule has 1 aromatic carbocycles. The quantitative estimate of drug-likeness (QED) is 0.727. The van der Waals surface area contributed by atoms with Crippen LogP contribution in [0.3, 0.4) is 0 Å². The monoisotopic (exact) mass is 411 g/mol. The summed E-state index contributed by atoms with van der Waals surface area (Å²) in [6.07, 6.45) is 1.83. The molecule has 2 atom stereocenters. The number of amides is 1. The molecule has 0 fully saturated rings. The summed E-state index contributed by atoms with van der Waals surface area (Å²) in [4.78, 5) is 28.8. The molecule has 154 valence electrons. The number of carbonyl (C=O) groups excluding carboxylic acids is 2. The molecule has 0 saturated heterocycles. The first kappa shape index (κ1) is 21.2. The molecule has 0 spiro atoms. The van der Waals surface area contributed by atoms with Crippen LogP contribution in [0.25, 0.3) is 11.3 Å². The average Bonchev–Trinajstić information content (AvgIpc) is 3.12. The lowest BCUT2D eigenvalue weighted by atomic mass is 9.76. The normalized spacial score (nSPS) is 19.5. The third-order valence-electron chi connectivity index (χ3n) is 5.53. The highest BCUT2D eigenvalue weighted by Gasteiger charge is 2.33. The van der Waals surface area contributed by atoms with Crippen LogP contribution in [0.2, 0.25) is 0 Å². The van der Waals surface area contributed by atoms with Crippen LogP contribution in [-0.4, -0.2) is 16.9 Å². The van der Waals surface area contributed by atoms with Crippen molar-refractivity contribution in [3.63, 3.8) is 0 Å². The molecule has 2 unspecified atom stereocenters. The van der Waals surface area contributed by atoms with Crippen molar-refractivity contribution in [1.29, 1.82) is 0 Å². The van der Waals surface area contributed by atoms with Gasteiger partial charge in [-0.25, -0.2) is 4.98 Å². The summed E-state index contributed by atoms with van der Waals surface area (Å²) in [5.74, 6) is -2.30. The molecule has 1 heterocycles. The van der Waals surface area contributed by atoms with E-state index in [2.05, 4.69) is 36.3 Å². The van der Waals surface area contributed by atoms with Crippen LogP contribution in [0.5, 0.6) is 0 Å². The molecule has 29 heavy (non-hydrogen) atoms. The highest BCUT2D eigenvalue weighted by atomic mass is 32.1. The number of anilines is 1.